The molecule has 0 bridgehead atoms. The summed E-state index contributed by atoms with van der Waals surface area (Å²) in [6.07, 6.45) is 3.52. The van der Waals surface area contributed by atoms with Gasteiger partial charge in [-0.15, -0.1) is 0 Å². The van der Waals surface area contributed by atoms with Gasteiger partial charge in [-0.05, 0) is 37.1 Å². The van der Waals surface area contributed by atoms with Crippen molar-refractivity contribution >= 4 is 0 Å². The molecule has 0 aliphatic carbocycles. The minimum Gasteiger partial charge on any atom is -0.325 e. The number of aryl methyl sites for hydroxylation is 2. The number of rotatable bonds is 2. The van der Waals surface area contributed by atoms with Crippen molar-refractivity contribution < 1.29 is 0 Å². The Labute approximate surface area is 108 Å². The number of nitrogens with zero attached hydrogens (tertiary/aromatic N) is 2. The van der Waals surface area contributed by atoms with E-state index in [1.165, 1.54) is 11.1 Å². The first-order valence-electron chi connectivity index (χ1n) is 5.90. The van der Waals surface area contributed by atoms with Crippen LogP contribution in [-0.2, 0) is 13.1 Å². The molecule has 2 aromatic heterocycles. The number of pyridine rings is 2. The fraction of sp³-hybridized carbons (Fsp3) is 0.286. The molecule has 4 N–H and O–H groups in total. The van der Waals surface area contributed by atoms with E-state index in [0.717, 1.165) is 11.4 Å². The van der Waals surface area contributed by atoms with Gasteiger partial charge in [0.2, 0.25) is 0 Å². The van der Waals surface area contributed by atoms with Gasteiger partial charge < -0.3 is 11.5 Å². The minimum absolute atomic E-state index is 0.534. The Morgan fingerprint density at radius 1 is 0.833 bits per heavy atom. The highest BCUT2D eigenvalue weighted by Crippen LogP contribution is 2.00. The van der Waals surface area contributed by atoms with Crippen LogP contribution in [0.3, 0.4) is 0 Å². The molecular formula is C14H20N4. The molecule has 4 nitrogen and oxygen atoms in total. The van der Waals surface area contributed by atoms with Crippen LogP contribution in [-0.4, -0.2) is 9.97 Å². The molecule has 18 heavy (non-hydrogen) atoms. The monoisotopic (exact) mass is 244 g/mol. The topological polar surface area (TPSA) is 77.8 Å². The summed E-state index contributed by atoms with van der Waals surface area (Å²) in [6, 6.07) is 7.84. The molecule has 2 rings (SSSR count). The van der Waals surface area contributed by atoms with Crippen LogP contribution in [0.25, 0.3) is 0 Å². The van der Waals surface area contributed by atoms with Gasteiger partial charge in [0.05, 0.1) is 11.4 Å². The van der Waals surface area contributed by atoms with Crippen molar-refractivity contribution in [2.24, 2.45) is 11.5 Å². The number of nitrogens with two attached hydrogens (primary N) is 2. The zero-order chi connectivity index (χ0) is 13.4. The Kier molecular flexibility index (Phi) is 5.97. The van der Waals surface area contributed by atoms with Gasteiger partial charge in [0.1, 0.15) is 0 Å². The molecule has 2 heterocycles. The molecule has 0 atom stereocenters. The SMILES string of the molecule is Cc1cccnc1CN.Cc1cccnc1CN. The molecule has 0 aromatic carbocycles. The van der Waals surface area contributed by atoms with Crippen LogP contribution in [0.2, 0.25) is 0 Å². The van der Waals surface area contributed by atoms with E-state index in [9.17, 15) is 0 Å². The van der Waals surface area contributed by atoms with Crippen LogP contribution in [0.5, 0.6) is 0 Å². The lowest BCUT2D eigenvalue weighted by Crippen LogP contribution is -2.00. The van der Waals surface area contributed by atoms with Gasteiger partial charge in [-0.3, -0.25) is 9.97 Å². The quantitative estimate of drug-likeness (QED) is 0.842. The molecule has 0 saturated heterocycles. The lowest BCUT2D eigenvalue weighted by Gasteiger charge is -1.97. The highest BCUT2D eigenvalue weighted by molar-refractivity contribution is 5.17. The van der Waals surface area contributed by atoms with Gasteiger partial charge in [0, 0.05) is 25.5 Å². The second-order valence-electron chi connectivity index (χ2n) is 3.94. The van der Waals surface area contributed by atoms with E-state index in [0.29, 0.717) is 13.1 Å². The minimum atomic E-state index is 0.534. The van der Waals surface area contributed by atoms with Crippen LogP contribution in [0.4, 0.5) is 0 Å². The molecular weight excluding hydrogens is 224 g/mol. The van der Waals surface area contributed by atoms with E-state index in [-0.39, 0.29) is 0 Å². The lowest BCUT2D eigenvalue weighted by atomic mass is 10.2. The molecule has 96 valence electrons. The Morgan fingerprint density at radius 3 is 1.44 bits per heavy atom. The summed E-state index contributed by atoms with van der Waals surface area (Å²) < 4.78 is 0. The van der Waals surface area contributed by atoms with Crippen LogP contribution in [0.15, 0.2) is 36.7 Å². The van der Waals surface area contributed by atoms with E-state index in [4.69, 9.17) is 11.5 Å². The molecule has 0 amide bonds. The lowest BCUT2D eigenvalue weighted by molar-refractivity contribution is 0.969. The predicted octanol–water partition coefficient (Wildman–Crippen LogP) is 1.70. The van der Waals surface area contributed by atoms with Gasteiger partial charge in [-0.25, -0.2) is 0 Å². The van der Waals surface area contributed by atoms with Crippen LogP contribution in [0.1, 0.15) is 22.5 Å². The standard InChI is InChI=1S/2C7H10N2/c2*1-6-3-2-4-9-7(6)5-8/h2*2-4H,5,8H2,1H3. The van der Waals surface area contributed by atoms with Crippen LogP contribution in [0, 0.1) is 13.8 Å². The Bertz CT molecular complexity index is 437. The van der Waals surface area contributed by atoms with E-state index in [2.05, 4.69) is 9.97 Å². The summed E-state index contributed by atoms with van der Waals surface area (Å²) in [5, 5.41) is 0. The number of aromatic nitrogens is 2. The smallest absolute Gasteiger partial charge is 0.0568 e. The first-order valence-corrected chi connectivity index (χ1v) is 5.90. The Hall–Kier alpha value is -1.78. The van der Waals surface area contributed by atoms with Gasteiger partial charge in [0.25, 0.3) is 0 Å². The van der Waals surface area contributed by atoms with E-state index in [1.807, 2.05) is 38.1 Å². The van der Waals surface area contributed by atoms with Crippen molar-refractivity contribution in [1.29, 1.82) is 0 Å². The van der Waals surface area contributed by atoms with Gasteiger partial charge in [-0.1, -0.05) is 12.1 Å². The fourth-order valence-electron chi connectivity index (χ4n) is 1.46. The third kappa shape index (κ3) is 4.24. The average molecular weight is 244 g/mol. The maximum Gasteiger partial charge on any atom is 0.0568 e. The molecule has 0 saturated carbocycles. The average Bonchev–Trinajstić information content (AvgIpc) is 2.41. The summed E-state index contributed by atoms with van der Waals surface area (Å²) in [6.45, 7) is 5.09. The van der Waals surface area contributed by atoms with Crippen molar-refractivity contribution in [2.75, 3.05) is 0 Å². The van der Waals surface area contributed by atoms with Crippen molar-refractivity contribution in [1.82, 2.24) is 9.97 Å². The van der Waals surface area contributed by atoms with Crippen LogP contribution < -0.4 is 11.5 Å². The van der Waals surface area contributed by atoms with Crippen molar-refractivity contribution in [3.8, 4) is 0 Å². The van der Waals surface area contributed by atoms with Crippen molar-refractivity contribution in [2.45, 2.75) is 26.9 Å². The molecule has 4 heteroatoms. The molecule has 0 spiro atoms. The Balaban J connectivity index is 0.000000180. The maximum atomic E-state index is 5.39. The third-order valence-electron chi connectivity index (χ3n) is 2.62. The summed E-state index contributed by atoms with van der Waals surface area (Å²) in [5.74, 6) is 0. The second kappa shape index (κ2) is 7.53. The van der Waals surface area contributed by atoms with Gasteiger partial charge >= 0.3 is 0 Å². The van der Waals surface area contributed by atoms with E-state index >= 15 is 0 Å². The maximum absolute atomic E-state index is 5.39. The van der Waals surface area contributed by atoms with Crippen LogP contribution >= 0.6 is 0 Å². The van der Waals surface area contributed by atoms with E-state index in [1.54, 1.807) is 12.4 Å². The number of hydrogen-bond acceptors (Lipinski definition) is 4. The Morgan fingerprint density at radius 2 is 1.22 bits per heavy atom. The second-order valence-corrected chi connectivity index (χ2v) is 3.94. The summed E-state index contributed by atoms with van der Waals surface area (Å²) in [7, 11) is 0. The molecule has 0 aliphatic heterocycles. The van der Waals surface area contributed by atoms with Crippen molar-refractivity contribution in [3.63, 3.8) is 0 Å². The third-order valence-corrected chi connectivity index (χ3v) is 2.62. The molecule has 0 radical (unpaired) electrons. The highest BCUT2D eigenvalue weighted by atomic mass is 14.7. The molecule has 2 aromatic rings. The zero-order valence-corrected chi connectivity index (χ0v) is 10.9. The first-order chi connectivity index (χ1) is 8.69. The van der Waals surface area contributed by atoms with Crippen molar-refractivity contribution in [3.05, 3.63) is 59.2 Å². The summed E-state index contributed by atoms with van der Waals surface area (Å²) >= 11 is 0. The predicted molar refractivity (Wildman–Crippen MR) is 73.7 cm³/mol. The fourth-order valence-corrected chi connectivity index (χ4v) is 1.46. The first kappa shape index (κ1) is 14.3. The number of hydrogen-bond donors (Lipinski definition) is 2. The van der Waals surface area contributed by atoms with E-state index < -0.39 is 0 Å². The largest absolute Gasteiger partial charge is 0.325 e. The normalized spacial score (nSPS) is 9.56. The summed E-state index contributed by atoms with van der Waals surface area (Å²) in [5.41, 5.74) is 15.1. The zero-order valence-electron chi connectivity index (χ0n) is 10.9. The van der Waals surface area contributed by atoms with Gasteiger partial charge in [-0.2, -0.15) is 0 Å². The van der Waals surface area contributed by atoms with Gasteiger partial charge in [0.15, 0.2) is 0 Å². The highest BCUT2D eigenvalue weighted by Gasteiger charge is 1.92. The molecule has 0 unspecified atom stereocenters. The molecule has 0 fully saturated rings. The summed E-state index contributed by atoms with van der Waals surface area (Å²) in [4.78, 5) is 8.14. The molecule has 0 aliphatic rings.